The fraction of sp³-hybridized carbons (Fsp3) is 0.632. The second-order valence-electron chi connectivity index (χ2n) is 7.16. The first-order chi connectivity index (χ1) is 11.1. The maximum absolute atomic E-state index is 12.1. The number of benzene rings is 1. The quantitative estimate of drug-likeness (QED) is 0.729. The molecule has 1 aromatic carbocycles. The molecule has 0 bridgehead atoms. The lowest BCUT2D eigenvalue weighted by atomic mass is 9.57. The number of amides is 1. The number of anilines is 1. The summed E-state index contributed by atoms with van der Waals surface area (Å²) in [6.45, 7) is 2.26. The molecular formula is C19H26ClNO2. The molecule has 2 aliphatic rings. The van der Waals surface area contributed by atoms with Gasteiger partial charge in [0, 0.05) is 16.1 Å². The predicted molar refractivity (Wildman–Crippen MR) is 93.9 cm³/mol. The molecule has 23 heavy (non-hydrogen) atoms. The maximum Gasteiger partial charge on any atom is 0.411 e. The van der Waals surface area contributed by atoms with Crippen LogP contribution in [0.4, 0.5) is 10.5 Å². The van der Waals surface area contributed by atoms with Crippen molar-refractivity contribution in [1.29, 1.82) is 0 Å². The van der Waals surface area contributed by atoms with Crippen LogP contribution in [0.2, 0.25) is 5.02 Å². The minimum absolute atomic E-state index is 0.0873. The van der Waals surface area contributed by atoms with Gasteiger partial charge in [-0.2, -0.15) is 0 Å². The standard InChI is InChI=1S/C19H26ClNO2/c1-2-4-14-7-10-19(11-8-14)12-9-17(19)23-18(22)21-16-6-3-5-15(20)13-16/h3,5-6,13-14,17H,2,4,7-12H2,1H3,(H,21,22). The molecular weight excluding hydrogens is 310 g/mol. The van der Waals surface area contributed by atoms with E-state index in [0.717, 1.165) is 12.3 Å². The smallest absolute Gasteiger partial charge is 0.411 e. The molecule has 2 fully saturated rings. The van der Waals surface area contributed by atoms with Crippen molar-refractivity contribution < 1.29 is 9.53 Å². The molecule has 2 aliphatic carbocycles. The fourth-order valence-electron chi connectivity index (χ4n) is 4.22. The lowest BCUT2D eigenvalue weighted by molar-refractivity contribution is -0.0962. The molecule has 1 unspecified atom stereocenters. The molecule has 1 atom stereocenters. The monoisotopic (exact) mass is 335 g/mol. The van der Waals surface area contributed by atoms with Crippen LogP contribution < -0.4 is 5.32 Å². The first-order valence-electron chi connectivity index (χ1n) is 8.84. The normalized spacial score (nSPS) is 29.8. The summed E-state index contributed by atoms with van der Waals surface area (Å²) in [6, 6.07) is 7.15. The van der Waals surface area contributed by atoms with E-state index in [2.05, 4.69) is 12.2 Å². The number of hydrogen-bond acceptors (Lipinski definition) is 2. The Labute approximate surface area is 143 Å². The van der Waals surface area contributed by atoms with E-state index in [1.54, 1.807) is 12.1 Å². The fourth-order valence-corrected chi connectivity index (χ4v) is 4.41. The van der Waals surface area contributed by atoms with Crippen molar-refractivity contribution >= 4 is 23.4 Å². The first kappa shape index (κ1) is 16.6. The van der Waals surface area contributed by atoms with E-state index in [-0.39, 0.29) is 17.6 Å². The van der Waals surface area contributed by atoms with E-state index < -0.39 is 0 Å². The molecule has 0 radical (unpaired) electrons. The molecule has 0 aliphatic heterocycles. The van der Waals surface area contributed by atoms with Crippen molar-refractivity contribution in [3.8, 4) is 0 Å². The van der Waals surface area contributed by atoms with Crippen LogP contribution in [0.25, 0.3) is 0 Å². The largest absolute Gasteiger partial charge is 0.445 e. The zero-order valence-electron chi connectivity index (χ0n) is 13.8. The molecule has 1 spiro atoms. The highest BCUT2D eigenvalue weighted by Crippen LogP contribution is 2.54. The van der Waals surface area contributed by atoms with Crippen LogP contribution in [0.3, 0.4) is 0 Å². The van der Waals surface area contributed by atoms with Crippen LogP contribution in [0.1, 0.15) is 58.3 Å². The number of carbonyl (C=O) groups excluding carboxylic acids is 1. The van der Waals surface area contributed by atoms with Gasteiger partial charge in [-0.3, -0.25) is 5.32 Å². The third-order valence-corrected chi connectivity index (χ3v) is 5.94. The number of ether oxygens (including phenoxy) is 1. The van der Waals surface area contributed by atoms with Gasteiger partial charge in [0.1, 0.15) is 6.10 Å². The Kier molecular flexibility index (Phi) is 5.15. The third-order valence-electron chi connectivity index (χ3n) is 5.71. The Hall–Kier alpha value is -1.22. The molecule has 0 aromatic heterocycles. The zero-order chi connectivity index (χ0) is 16.3. The Morgan fingerprint density at radius 3 is 2.65 bits per heavy atom. The van der Waals surface area contributed by atoms with Crippen LogP contribution in [0.5, 0.6) is 0 Å². The van der Waals surface area contributed by atoms with Crippen LogP contribution in [0, 0.1) is 11.3 Å². The minimum Gasteiger partial charge on any atom is -0.445 e. The van der Waals surface area contributed by atoms with Crippen molar-refractivity contribution in [2.75, 3.05) is 5.32 Å². The highest BCUT2D eigenvalue weighted by atomic mass is 35.5. The molecule has 3 rings (SSSR count). The molecule has 1 aromatic rings. The molecule has 0 saturated heterocycles. The Balaban J connectivity index is 1.51. The Bertz CT molecular complexity index is 552. The average molecular weight is 336 g/mol. The summed E-state index contributed by atoms with van der Waals surface area (Å²) in [6.07, 6.45) is 9.59. The lowest BCUT2D eigenvalue weighted by Gasteiger charge is -2.52. The van der Waals surface area contributed by atoms with Gasteiger partial charge in [-0.1, -0.05) is 37.4 Å². The maximum atomic E-state index is 12.1. The van der Waals surface area contributed by atoms with Gasteiger partial charge in [0.25, 0.3) is 0 Å². The van der Waals surface area contributed by atoms with Gasteiger partial charge in [-0.15, -0.1) is 0 Å². The van der Waals surface area contributed by atoms with E-state index in [4.69, 9.17) is 16.3 Å². The van der Waals surface area contributed by atoms with Crippen molar-refractivity contribution in [3.05, 3.63) is 29.3 Å². The van der Waals surface area contributed by atoms with Crippen LogP contribution in [-0.2, 0) is 4.74 Å². The van der Waals surface area contributed by atoms with Crippen molar-refractivity contribution in [1.82, 2.24) is 0 Å². The molecule has 2 saturated carbocycles. The predicted octanol–water partition coefficient (Wildman–Crippen LogP) is 6.03. The number of carbonyl (C=O) groups is 1. The van der Waals surface area contributed by atoms with Crippen molar-refractivity contribution in [2.45, 2.75) is 64.4 Å². The molecule has 4 heteroatoms. The summed E-state index contributed by atoms with van der Waals surface area (Å²) in [7, 11) is 0. The summed E-state index contributed by atoms with van der Waals surface area (Å²) in [5.74, 6) is 0.882. The van der Waals surface area contributed by atoms with Gasteiger partial charge >= 0.3 is 6.09 Å². The molecule has 1 N–H and O–H groups in total. The highest BCUT2D eigenvalue weighted by Gasteiger charge is 2.50. The first-order valence-corrected chi connectivity index (χ1v) is 9.22. The van der Waals surface area contributed by atoms with E-state index in [1.165, 1.54) is 44.9 Å². The number of nitrogens with one attached hydrogen (secondary N) is 1. The highest BCUT2D eigenvalue weighted by molar-refractivity contribution is 6.30. The van der Waals surface area contributed by atoms with Crippen molar-refractivity contribution in [3.63, 3.8) is 0 Å². The number of hydrogen-bond donors (Lipinski definition) is 1. The SMILES string of the molecule is CCCC1CCC2(CC1)CCC2OC(=O)Nc1cccc(Cl)c1. The average Bonchev–Trinajstić information content (AvgIpc) is 2.53. The number of halogens is 1. The van der Waals surface area contributed by atoms with E-state index in [1.807, 2.05) is 12.1 Å². The third kappa shape index (κ3) is 3.82. The van der Waals surface area contributed by atoms with Gasteiger partial charge in [-0.25, -0.2) is 4.79 Å². The summed E-state index contributed by atoms with van der Waals surface area (Å²) < 4.78 is 5.73. The molecule has 1 amide bonds. The second-order valence-corrected chi connectivity index (χ2v) is 7.60. The van der Waals surface area contributed by atoms with Gasteiger partial charge in [0.15, 0.2) is 0 Å². The van der Waals surface area contributed by atoms with Crippen LogP contribution in [0.15, 0.2) is 24.3 Å². The van der Waals surface area contributed by atoms with Gasteiger partial charge in [0.05, 0.1) is 0 Å². The lowest BCUT2D eigenvalue weighted by Crippen LogP contribution is -2.50. The summed E-state index contributed by atoms with van der Waals surface area (Å²) >= 11 is 5.94. The van der Waals surface area contributed by atoms with E-state index in [9.17, 15) is 4.79 Å². The van der Waals surface area contributed by atoms with Gasteiger partial charge < -0.3 is 4.74 Å². The molecule has 0 heterocycles. The Morgan fingerprint density at radius 1 is 1.30 bits per heavy atom. The topological polar surface area (TPSA) is 38.3 Å². The molecule has 126 valence electrons. The summed E-state index contributed by atoms with van der Waals surface area (Å²) in [5.41, 5.74) is 0.943. The number of rotatable bonds is 4. The zero-order valence-corrected chi connectivity index (χ0v) is 14.6. The second kappa shape index (κ2) is 7.12. The summed E-state index contributed by atoms with van der Waals surface area (Å²) in [4.78, 5) is 12.1. The van der Waals surface area contributed by atoms with Crippen LogP contribution >= 0.6 is 11.6 Å². The van der Waals surface area contributed by atoms with E-state index in [0.29, 0.717) is 10.7 Å². The van der Waals surface area contributed by atoms with Crippen molar-refractivity contribution in [2.24, 2.45) is 11.3 Å². The van der Waals surface area contributed by atoms with Gasteiger partial charge in [0.2, 0.25) is 0 Å². The minimum atomic E-state index is -0.355. The van der Waals surface area contributed by atoms with E-state index >= 15 is 0 Å². The summed E-state index contributed by atoms with van der Waals surface area (Å²) in [5, 5.41) is 3.40. The van der Waals surface area contributed by atoms with Crippen LogP contribution in [-0.4, -0.2) is 12.2 Å². The Morgan fingerprint density at radius 2 is 2.04 bits per heavy atom. The van der Waals surface area contributed by atoms with Gasteiger partial charge in [-0.05, 0) is 62.6 Å². The molecule has 3 nitrogen and oxygen atoms in total.